The van der Waals surface area contributed by atoms with Gasteiger partial charge in [-0.1, -0.05) is 44.2 Å². The van der Waals surface area contributed by atoms with Gasteiger partial charge in [-0.2, -0.15) is 10.4 Å². The lowest BCUT2D eigenvalue weighted by atomic mass is 9.81. The Morgan fingerprint density at radius 1 is 1.15 bits per heavy atom. The predicted octanol–water partition coefficient (Wildman–Crippen LogP) is 6.19. The number of ether oxygens (including phenoxy) is 1. The van der Waals surface area contributed by atoms with Crippen LogP contribution in [0.25, 0.3) is 11.3 Å². The summed E-state index contributed by atoms with van der Waals surface area (Å²) in [6.07, 6.45) is 1.66. The van der Waals surface area contributed by atoms with Crippen LogP contribution < -0.4 is 10.1 Å². The molecule has 1 aliphatic rings. The minimum Gasteiger partial charge on any atom is -0.425 e. The Bertz CT molecular complexity index is 1830. The third kappa shape index (κ3) is 7.54. The molecule has 0 spiro atoms. The van der Waals surface area contributed by atoms with Gasteiger partial charge in [0.25, 0.3) is 0 Å². The highest BCUT2D eigenvalue weighted by atomic mass is 32.1. The molecule has 0 fully saturated rings. The summed E-state index contributed by atoms with van der Waals surface area (Å²) < 4.78 is 35.0. The molecule has 2 heterocycles. The number of benzene rings is 3. The quantitative estimate of drug-likeness (QED) is 0.135. The zero-order chi connectivity index (χ0) is 34.6. The number of hydrogen-bond acceptors (Lipinski definition) is 10. The van der Waals surface area contributed by atoms with E-state index in [0.29, 0.717) is 41.8 Å². The van der Waals surface area contributed by atoms with Gasteiger partial charge in [0.15, 0.2) is 0 Å². The number of hydrazone groups is 1. The van der Waals surface area contributed by atoms with E-state index in [-0.39, 0.29) is 18.1 Å². The maximum absolute atomic E-state index is 15.3. The van der Waals surface area contributed by atoms with Crippen LogP contribution >= 0.6 is 11.3 Å². The number of likely N-dealkylation sites (N-methyl/N-ethyl adjacent to an activating group) is 1. The fraction of sp³-hybridized carbons (Fsp3) is 0.333. The number of carbonyl (C=O) groups is 1. The Balaban J connectivity index is 1.33. The number of hydrogen-bond donors (Lipinski definition) is 2. The van der Waals surface area contributed by atoms with Crippen LogP contribution in [0.15, 0.2) is 65.1 Å². The molecule has 0 saturated heterocycles. The highest BCUT2D eigenvalue weighted by Gasteiger charge is 2.43. The van der Waals surface area contributed by atoms with E-state index >= 15 is 4.39 Å². The minimum absolute atomic E-state index is 0.0555. The third-order valence-corrected chi connectivity index (χ3v) is 9.46. The predicted molar refractivity (Wildman–Crippen MR) is 181 cm³/mol. The summed E-state index contributed by atoms with van der Waals surface area (Å²) in [7, 11) is 0. The maximum Gasteiger partial charge on any atom is 0.328 e. The summed E-state index contributed by atoms with van der Waals surface area (Å²) in [5.74, 6) is -2.11. The number of β-amino-alcohol motifs (C(OH)–C–C–N with tert-alkyl or cyclic N) is 1. The van der Waals surface area contributed by atoms with Crippen LogP contribution in [-0.2, 0) is 16.9 Å². The van der Waals surface area contributed by atoms with Crippen molar-refractivity contribution in [1.82, 2.24) is 20.2 Å². The molecule has 3 atom stereocenters. The standard InChI is InChI=1S/C36H38F2N6O3S/c1-6-40-25(5)35(45)47-33-22(2)13-27(14-23(33)3)17-43-20-41-44(21-43)19-36(46,30-12-11-29(37)15-31(30)38)24(4)34-42-32(18-48-34)28-9-7-26(16-39)8-10-28/h7-15,18,20,24-25,40,46H,6,17,19,21H2,1-5H3/t24-,25-,36+/m0/s1. The number of aliphatic hydroxyl groups is 1. The molecule has 12 heteroatoms. The van der Waals surface area contributed by atoms with Gasteiger partial charge in [0, 0.05) is 35.0 Å². The molecule has 0 radical (unpaired) electrons. The molecule has 4 aromatic rings. The number of halogens is 2. The first-order valence-electron chi connectivity index (χ1n) is 15.6. The summed E-state index contributed by atoms with van der Waals surface area (Å²) >= 11 is 1.33. The van der Waals surface area contributed by atoms with Gasteiger partial charge in [0.1, 0.15) is 42.0 Å². The molecule has 0 unspecified atom stereocenters. The highest BCUT2D eigenvalue weighted by molar-refractivity contribution is 7.10. The summed E-state index contributed by atoms with van der Waals surface area (Å²) in [6, 6.07) is 15.8. The van der Waals surface area contributed by atoms with Crippen molar-refractivity contribution in [2.45, 2.75) is 58.7 Å². The average molecular weight is 673 g/mol. The normalized spacial score (nSPS) is 15.2. The fourth-order valence-corrected chi connectivity index (χ4v) is 6.80. The van der Waals surface area contributed by atoms with Crippen molar-refractivity contribution < 1.29 is 23.4 Å². The van der Waals surface area contributed by atoms with Crippen molar-refractivity contribution in [1.29, 1.82) is 5.26 Å². The van der Waals surface area contributed by atoms with Crippen molar-refractivity contribution in [2.75, 3.05) is 19.8 Å². The summed E-state index contributed by atoms with van der Waals surface area (Å²) in [4.78, 5) is 19.2. The molecule has 2 N–H and O–H groups in total. The largest absolute Gasteiger partial charge is 0.425 e. The second-order valence-corrected chi connectivity index (χ2v) is 13.0. The lowest BCUT2D eigenvalue weighted by Crippen LogP contribution is -2.44. The van der Waals surface area contributed by atoms with Gasteiger partial charge in [0.2, 0.25) is 0 Å². The van der Waals surface area contributed by atoms with Crippen LogP contribution in [0.1, 0.15) is 59.5 Å². The highest BCUT2D eigenvalue weighted by Crippen LogP contribution is 2.41. The molecule has 3 aromatic carbocycles. The van der Waals surface area contributed by atoms with Crippen molar-refractivity contribution in [2.24, 2.45) is 5.10 Å². The van der Waals surface area contributed by atoms with E-state index in [0.717, 1.165) is 34.4 Å². The van der Waals surface area contributed by atoms with E-state index in [1.807, 2.05) is 43.2 Å². The number of nitriles is 1. The number of thiazole rings is 1. The van der Waals surface area contributed by atoms with Crippen molar-refractivity contribution in [3.8, 4) is 23.1 Å². The number of aryl methyl sites for hydroxylation is 2. The zero-order valence-electron chi connectivity index (χ0n) is 27.5. The molecule has 0 saturated carbocycles. The molecule has 1 aromatic heterocycles. The number of rotatable bonds is 12. The second kappa shape index (κ2) is 14.6. The van der Waals surface area contributed by atoms with Crippen LogP contribution in [0.4, 0.5) is 8.78 Å². The van der Waals surface area contributed by atoms with Gasteiger partial charge in [-0.05, 0) is 62.2 Å². The lowest BCUT2D eigenvalue weighted by molar-refractivity contribution is -0.136. The first-order chi connectivity index (χ1) is 22.9. The van der Waals surface area contributed by atoms with Crippen molar-refractivity contribution >= 4 is 23.6 Å². The summed E-state index contributed by atoms with van der Waals surface area (Å²) in [5, 5.41) is 33.1. The van der Waals surface area contributed by atoms with Gasteiger partial charge in [0.05, 0.1) is 28.9 Å². The molecular weight excluding hydrogens is 634 g/mol. The Labute approximate surface area is 283 Å². The van der Waals surface area contributed by atoms with Gasteiger partial charge >= 0.3 is 5.97 Å². The van der Waals surface area contributed by atoms with E-state index in [9.17, 15) is 14.3 Å². The summed E-state index contributed by atoms with van der Waals surface area (Å²) in [5.41, 5.74) is 2.75. The topological polar surface area (TPSA) is 114 Å². The molecule has 250 valence electrons. The summed E-state index contributed by atoms with van der Waals surface area (Å²) in [6.45, 7) is 10.6. The van der Waals surface area contributed by atoms with Gasteiger partial charge in [-0.3, -0.25) is 5.01 Å². The number of aromatic nitrogens is 1. The smallest absolute Gasteiger partial charge is 0.328 e. The van der Waals surface area contributed by atoms with Crippen LogP contribution in [0, 0.1) is 36.8 Å². The van der Waals surface area contributed by atoms with Crippen LogP contribution in [0.5, 0.6) is 5.75 Å². The van der Waals surface area contributed by atoms with Gasteiger partial charge < -0.3 is 20.1 Å². The maximum atomic E-state index is 15.3. The molecule has 48 heavy (non-hydrogen) atoms. The average Bonchev–Trinajstić information content (AvgIpc) is 3.72. The Morgan fingerprint density at radius 3 is 2.50 bits per heavy atom. The number of nitrogens with one attached hydrogen (secondary N) is 1. The second-order valence-electron chi connectivity index (χ2n) is 12.1. The van der Waals surface area contributed by atoms with Gasteiger partial charge in [-0.25, -0.2) is 18.6 Å². The molecule has 0 bridgehead atoms. The fourth-order valence-electron chi connectivity index (χ4n) is 5.83. The Kier molecular flexibility index (Phi) is 10.5. The van der Waals surface area contributed by atoms with E-state index in [2.05, 4.69) is 16.5 Å². The van der Waals surface area contributed by atoms with Crippen LogP contribution in [0.3, 0.4) is 0 Å². The zero-order valence-corrected chi connectivity index (χ0v) is 28.3. The minimum atomic E-state index is -1.83. The van der Waals surface area contributed by atoms with E-state index in [4.69, 9.17) is 15.0 Å². The Morgan fingerprint density at radius 2 is 1.85 bits per heavy atom. The Hall–Kier alpha value is -4.70. The molecule has 0 amide bonds. The number of carbonyl (C=O) groups excluding carboxylic acids is 1. The van der Waals surface area contributed by atoms with Crippen LogP contribution in [-0.4, -0.2) is 58.1 Å². The van der Waals surface area contributed by atoms with Gasteiger partial charge in [-0.15, -0.1) is 11.3 Å². The molecule has 9 nitrogen and oxygen atoms in total. The van der Waals surface area contributed by atoms with Crippen LogP contribution in [0.2, 0.25) is 0 Å². The lowest BCUT2D eigenvalue weighted by Gasteiger charge is -2.36. The molecule has 0 aliphatic carbocycles. The molecule has 1 aliphatic heterocycles. The van der Waals surface area contributed by atoms with E-state index in [1.54, 1.807) is 49.5 Å². The number of esters is 1. The first kappa shape index (κ1) is 34.6. The first-order valence-corrected chi connectivity index (χ1v) is 16.5. The monoisotopic (exact) mass is 672 g/mol. The van der Waals surface area contributed by atoms with Crippen molar-refractivity contribution in [3.05, 3.63) is 104 Å². The van der Waals surface area contributed by atoms with E-state index in [1.165, 1.54) is 17.4 Å². The molecular formula is C36H38F2N6O3S. The van der Waals surface area contributed by atoms with E-state index < -0.39 is 29.2 Å². The molecule has 5 rings (SSSR count). The van der Waals surface area contributed by atoms with Crippen molar-refractivity contribution in [3.63, 3.8) is 0 Å². The SMILES string of the molecule is CCN[C@@H](C)C(=O)Oc1c(C)cc(CN2C=NN(C[C@](O)(c3ccc(F)cc3F)[C@@H](C)c3nc(-c4ccc(C#N)cc4)cs3)C2)cc1C. The number of nitrogens with zero attached hydrogens (tertiary/aromatic N) is 5. The third-order valence-electron chi connectivity index (χ3n) is 8.44.